The van der Waals surface area contributed by atoms with Crippen LogP contribution < -0.4 is 5.32 Å². The van der Waals surface area contributed by atoms with E-state index in [-0.39, 0.29) is 0 Å². The predicted molar refractivity (Wildman–Crippen MR) is 102 cm³/mol. The third-order valence-electron chi connectivity index (χ3n) is 4.27. The van der Waals surface area contributed by atoms with Crippen molar-refractivity contribution in [2.24, 2.45) is 0 Å². The van der Waals surface area contributed by atoms with E-state index in [0.29, 0.717) is 17.2 Å². The molecule has 4 rings (SSSR count). The van der Waals surface area contributed by atoms with Gasteiger partial charge in [0.1, 0.15) is 12.1 Å². The summed E-state index contributed by atoms with van der Waals surface area (Å²) in [5, 5.41) is 4.05. The van der Waals surface area contributed by atoms with Gasteiger partial charge in [-0.25, -0.2) is 9.97 Å². The number of anilines is 2. The predicted octanol–water partition coefficient (Wildman–Crippen LogP) is 5.76. The molecule has 0 aliphatic carbocycles. The molecule has 28 heavy (non-hydrogen) atoms. The van der Waals surface area contributed by atoms with E-state index >= 15 is 0 Å². The highest BCUT2D eigenvalue weighted by Gasteiger charge is 2.29. The lowest BCUT2D eigenvalue weighted by molar-refractivity contribution is -0.137. The zero-order valence-corrected chi connectivity index (χ0v) is 14.8. The van der Waals surface area contributed by atoms with Gasteiger partial charge in [-0.1, -0.05) is 12.1 Å². The Kier molecular flexibility index (Phi) is 4.43. The van der Waals surface area contributed by atoms with E-state index in [2.05, 4.69) is 26.3 Å². The molecule has 7 heteroatoms. The molecule has 0 atom stereocenters. The maximum Gasteiger partial charge on any atom is 0.416 e. The van der Waals surface area contributed by atoms with E-state index in [1.165, 1.54) is 18.5 Å². The van der Waals surface area contributed by atoms with Crippen molar-refractivity contribution in [3.63, 3.8) is 0 Å². The molecule has 0 fully saturated rings. The van der Waals surface area contributed by atoms with Gasteiger partial charge in [0.2, 0.25) is 0 Å². The third-order valence-corrected chi connectivity index (χ3v) is 4.27. The number of benzene rings is 2. The van der Waals surface area contributed by atoms with Gasteiger partial charge in [0, 0.05) is 28.9 Å². The molecule has 140 valence electrons. The minimum Gasteiger partial charge on any atom is -0.340 e. The van der Waals surface area contributed by atoms with Gasteiger partial charge in [-0.2, -0.15) is 13.2 Å². The Bertz CT molecular complexity index is 1140. The summed E-state index contributed by atoms with van der Waals surface area (Å²) in [6.45, 7) is 1.99. The summed E-state index contributed by atoms with van der Waals surface area (Å²) in [7, 11) is 0. The second-order valence-electron chi connectivity index (χ2n) is 6.41. The first-order valence-electron chi connectivity index (χ1n) is 8.52. The van der Waals surface area contributed by atoms with E-state index in [9.17, 15) is 13.2 Å². The first-order chi connectivity index (χ1) is 13.4. The van der Waals surface area contributed by atoms with Crippen LogP contribution in [0.2, 0.25) is 0 Å². The van der Waals surface area contributed by atoms with E-state index < -0.39 is 11.7 Å². The number of nitrogens with zero attached hydrogens (tertiary/aromatic N) is 3. The number of fused-ring (bicyclic) bond motifs is 1. The summed E-state index contributed by atoms with van der Waals surface area (Å²) in [6.07, 6.45) is -1.14. The Morgan fingerprint density at radius 3 is 2.39 bits per heavy atom. The summed E-state index contributed by atoms with van der Waals surface area (Å²) >= 11 is 0. The number of nitrogens with one attached hydrogen (secondary N) is 1. The SMILES string of the molecule is Cc1cnc2cc(-c3cc(Nc4ccc(C(F)(F)F)cc4)ncn3)ccc2c1. The second-order valence-corrected chi connectivity index (χ2v) is 6.41. The average Bonchev–Trinajstić information content (AvgIpc) is 2.67. The van der Waals surface area contributed by atoms with Crippen LogP contribution in [0.1, 0.15) is 11.1 Å². The third kappa shape index (κ3) is 3.78. The van der Waals surface area contributed by atoms with Crippen molar-refractivity contribution in [1.82, 2.24) is 15.0 Å². The summed E-state index contributed by atoms with van der Waals surface area (Å²) in [5.74, 6) is 0.488. The monoisotopic (exact) mass is 380 g/mol. The maximum atomic E-state index is 12.7. The topological polar surface area (TPSA) is 50.7 Å². The van der Waals surface area contributed by atoms with Crippen LogP contribution >= 0.6 is 0 Å². The van der Waals surface area contributed by atoms with Gasteiger partial charge in [-0.05, 0) is 48.9 Å². The van der Waals surface area contributed by atoms with Crippen LogP contribution in [-0.2, 0) is 6.18 Å². The Hall–Kier alpha value is -3.48. The summed E-state index contributed by atoms with van der Waals surface area (Å²) in [4.78, 5) is 12.9. The van der Waals surface area contributed by atoms with Crippen LogP contribution in [0.25, 0.3) is 22.2 Å². The van der Waals surface area contributed by atoms with Gasteiger partial charge in [0.05, 0.1) is 16.8 Å². The van der Waals surface area contributed by atoms with Gasteiger partial charge in [0.15, 0.2) is 0 Å². The van der Waals surface area contributed by atoms with Gasteiger partial charge in [0.25, 0.3) is 0 Å². The number of rotatable bonds is 3. The van der Waals surface area contributed by atoms with E-state index in [1.54, 1.807) is 6.07 Å². The van der Waals surface area contributed by atoms with Crippen molar-refractivity contribution in [2.75, 3.05) is 5.32 Å². The van der Waals surface area contributed by atoms with Crippen LogP contribution in [0.15, 0.2) is 67.1 Å². The van der Waals surface area contributed by atoms with Crippen LogP contribution in [0.4, 0.5) is 24.7 Å². The van der Waals surface area contributed by atoms with Crippen molar-refractivity contribution in [2.45, 2.75) is 13.1 Å². The maximum absolute atomic E-state index is 12.7. The van der Waals surface area contributed by atoms with E-state index in [4.69, 9.17) is 0 Å². The number of hydrogen-bond acceptors (Lipinski definition) is 4. The van der Waals surface area contributed by atoms with Crippen LogP contribution in [0.3, 0.4) is 0 Å². The van der Waals surface area contributed by atoms with Crippen LogP contribution in [0.5, 0.6) is 0 Å². The van der Waals surface area contributed by atoms with Gasteiger partial charge in [-0.15, -0.1) is 0 Å². The van der Waals surface area contributed by atoms with E-state index in [1.807, 2.05) is 31.3 Å². The summed E-state index contributed by atoms with van der Waals surface area (Å²) in [6, 6.07) is 14.5. The first kappa shape index (κ1) is 17.9. The van der Waals surface area contributed by atoms with Crippen molar-refractivity contribution in [3.05, 3.63) is 78.2 Å². The zero-order chi connectivity index (χ0) is 19.7. The van der Waals surface area contributed by atoms with Gasteiger partial charge >= 0.3 is 6.18 Å². The Morgan fingerprint density at radius 1 is 0.857 bits per heavy atom. The van der Waals surface area contributed by atoms with Gasteiger partial charge in [-0.3, -0.25) is 4.98 Å². The molecule has 0 saturated heterocycles. The molecule has 0 aliphatic rings. The average molecular weight is 380 g/mol. The standard InChI is InChI=1S/C21H15F3N4/c1-13-8-14-2-3-15(9-18(14)25-11-13)19-10-20(27-12-26-19)28-17-6-4-16(5-7-17)21(22,23)24/h2-12H,1H3,(H,26,27,28). The minimum atomic E-state index is -4.36. The Balaban J connectivity index is 1.60. The molecule has 0 radical (unpaired) electrons. The van der Waals surface area contributed by atoms with Crippen molar-refractivity contribution < 1.29 is 13.2 Å². The number of halogens is 3. The summed E-state index contributed by atoms with van der Waals surface area (Å²) < 4.78 is 38.0. The first-order valence-corrected chi connectivity index (χ1v) is 8.52. The normalized spacial score (nSPS) is 11.6. The fourth-order valence-electron chi connectivity index (χ4n) is 2.86. The zero-order valence-electron chi connectivity index (χ0n) is 14.8. The molecule has 0 aliphatic heterocycles. The van der Waals surface area contributed by atoms with Crippen LogP contribution in [-0.4, -0.2) is 15.0 Å². The molecular formula is C21H15F3N4. The molecule has 0 unspecified atom stereocenters. The highest BCUT2D eigenvalue weighted by molar-refractivity contribution is 5.84. The fraction of sp³-hybridized carbons (Fsp3) is 0.0952. The number of pyridine rings is 1. The molecule has 0 bridgehead atoms. The number of hydrogen-bond donors (Lipinski definition) is 1. The number of aromatic nitrogens is 3. The highest BCUT2D eigenvalue weighted by atomic mass is 19.4. The highest BCUT2D eigenvalue weighted by Crippen LogP contribution is 2.30. The second kappa shape index (κ2) is 6.92. The summed E-state index contributed by atoms with van der Waals surface area (Å²) in [5.41, 5.74) is 3.33. The molecule has 0 amide bonds. The molecule has 4 aromatic rings. The molecule has 0 saturated carbocycles. The molecule has 0 spiro atoms. The lowest BCUT2D eigenvalue weighted by Crippen LogP contribution is -2.04. The smallest absolute Gasteiger partial charge is 0.340 e. The van der Waals surface area contributed by atoms with Crippen molar-refractivity contribution in [3.8, 4) is 11.3 Å². The fourth-order valence-corrected chi connectivity index (χ4v) is 2.86. The minimum absolute atomic E-state index is 0.488. The molecule has 2 aromatic heterocycles. The molecule has 1 N–H and O–H groups in total. The largest absolute Gasteiger partial charge is 0.416 e. The molecule has 2 heterocycles. The van der Waals surface area contributed by atoms with Crippen molar-refractivity contribution in [1.29, 1.82) is 0 Å². The lowest BCUT2D eigenvalue weighted by atomic mass is 10.1. The molecular weight excluding hydrogens is 365 g/mol. The van der Waals surface area contributed by atoms with Gasteiger partial charge < -0.3 is 5.32 Å². The molecule has 2 aromatic carbocycles. The van der Waals surface area contributed by atoms with E-state index in [0.717, 1.165) is 34.2 Å². The van der Waals surface area contributed by atoms with Crippen LogP contribution in [0, 0.1) is 6.92 Å². The molecule has 4 nitrogen and oxygen atoms in total. The Morgan fingerprint density at radius 2 is 1.64 bits per heavy atom. The number of aryl methyl sites for hydroxylation is 1. The van der Waals surface area contributed by atoms with Crippen molar-refractivity contribution >= 4 is 22.4 Å². The lowest BCUT2D eigenvalue weighted by Gasteiger charge is -2.10. The quantitative estimate of drug-likeness (QED) is 0.491. The number of alkyl halides is 3. The Labute approximate surface area is 159 Å².